The number of rotatable bonds is 10. The lowest BCUT2D eigenvalue weighted by molar-refractivity contribution is -0.384. The molecule has 0 aliphatic heterocycles. The maximum Gasteiger partial charge on any atom is 0.335 e. The van der Waals surface area contributed by atoms with E-state index in [1.165, 1.54) is 42.5 Å². The van der Waals surface area contributed by atoms with Gasteiger partial charge in [-0.05, 0) is 77.0 Å². The maximum absolute atomic E-state index is 12.7. The first-order valence-electron chi connectivity index (χ1n) is 10.8. The molecule has 2 N–H and O–H groups in total. The Morgan fingerprint density at radius 1 is 1.16 bits per heavy atom. The second-order valence-corrected chi connectivity index (χ2v) is 8.65. The molecule has 188 valence electrons. The number of ether oxygens (including phenoxy) is 2. The van der Waals surface area contributed by atoms with E-state index in [9.17, 15) is 25.0 Å². The predicted molar refractivity (Wildman–Crippen MR) is 143 cm³/mol. The Hall–Kier alpha value is -4.44. The normalized spacial score (nSPS) is 10.8. The van der Waals surface area contributed by atoms with Gasteiger partial charge in [-0.1, -0.05) is 18.2 Å². The molecule has 3 aromatic carbocycles. The second-order valence-electron chi connectivity index (χ2n) is 7.49. The van der Waals surface area contributed by atoms with Crippen molar-refractivity contribution in [3.8, 4) is 17.6 Å². The van der Waals surface area contributed by atoms with Gasteiger partial charge in [0.2, 0.25) is 0 Å². The summed E-state index contributed by atoms with van der Waals surface area (Å²) in [7, 11) is 0. The van der Waals surface area contributed by atoms with Crippen molar-refractivity contribution in [2.24, 2.45) is 0 Å². The molecule has 0 saturated carbocycles. The highest BCUT2D eigenvalue weighted by Gasteiger charge is 2.16. The highest BCUT2D eigenvalue weighted by Crippen LogP contribution is 2.35. The summed E-state index contributed by atoms with van der Waals surface area (Å²) in [6.45, 7) is 2.31. The second kappa shape index (κ2) is 12.5. The molecule has 0 aromatic heterocycles. The summed E-state index contributed by atoms with van der Waals surface area (Å²) in [5.41, 5.74) is 1.23. The van der Waals surface area contributed by atoms with E-state index in [1.54, 1.807) is 31.2 Å². The molecule has 0 unspecified atom stereocenters. The van der Waals surface area contributed by atoms with Crippen molar-refractivity contribution in [2.75, 3.05) is 11.9 Å². The first-order valence-corrected chi connectivity index (χ1v) is 11.9. The van der Waals surface area contributed by atoms with Crippen LogP contribution in [0.5, 0.6) is 11.5 Å². The number of halogens is 1. The fourth-order valence-electron chi connectivity index (χ4n) is 3.18. The molecule has 11 heteroatoms. The third-order valence-corrected chi connectivity index (χ3v) is 5.71. The number of nitro benzene ring substituents is 1. The van der Waals surface area contributed by atoms with E-state index in [1.807, 2.05) is 6.07 Å². The molecule has 0 atom stereocenters. The van der Waals surface area contributed by atoms with Crippen LogP contribution in [0, 0.1) is 25.0 Å². The number of carboxylic acid groups (broad SMARTS) is 1. The van der Waals surface area contributed by atoms with Crippen LogP contribution in [0.2, 0.25) is 0 Å². The van der Waals surface area contributed by atoms with Crippen molar-refractivity contribution in [1.29, 1.82) is 5.26 Å². The third kappa shape index (κ3) is 7.28. The average Bonchev–Trinajstić information content (AvgIpc) is 2.87. The van der Waals surface area contributed by atoms with Gasteiger partial charge in [-0.25, -0.2) is 4.79 Å². The molecule has 3 aromatic rings. The topological polar surface area (TPSA) is 152 Å². The van der Waals surface area contributed by atoms with Crippen molar-refractivity contribution in [3.05, 3.63) is 96.6 Å². The number of carbonyl (C=O) groups excluding carboxylic acids is 1. The van der Waals surface area contributed by atoms with Crippen LogP contribution in [-0.2, 0) is 11.4 Å². The van der Waals surface area contributed by atoms with Crippen molar-refractivity contribution >= 4 is 51.9 Å². The number of nitrogens with zero attached hydrogens (tertiary/aromatic N) is 2. The Morgan fingerprint density at radius 3 is 2.51 bits per heavy atom. The Labute approximate surface area is 225 Å². The molecule has 3 rings (SSSR count). The Balaban J connectivity index is 1.82. The van der Waals surface area contributed by atoms with E-state index < -0.39 is 16.8 Å². The highest BCUT2D eigenvalue weighted by molar-refractivity contribution is 14.1. The van der Waals surface area contributed by atoms with Crippen molar-refractivity contribution in [2.45, 2.75) is 13.5 Å². The molecular weight excluding hydrogens is 593 g/mol. The van der Waals surface area contributed by atoms with Gasteiger partial charge in [0, 0.05) is 17.8 Å². The largest absolute Gasteiger partial charge is 0.490 e. The van der Waals surface area contributed by atoms with Gasteiger partial charge in [0.05, 0.1) is 20.7 Å². The summed E-state index contributed by atoms with van der Waals surface area (Å²) in [6, 6.07) is 16.9. The van der Waals surface area contributed by atoms with Crippen molar-refractivity contribution in [1.82, 2.24) is 0 Å². The lowest BCUT2D eigenvalue weighted by atomic mass is 10.1. The molecule has 0 bridgehead atoms. The van der Waals surface area contributed by atoms with Crippen molar-refractivity contribution in [3.63, 3.8) is 0 Å². The van der Waals surface area contributed by atoms with E-state index in [-0.39, 0.29) is 29.1 Å². The number of nitro groups is 1. The summed E-state index contributed by atoms with van der Waals surface area (Å²) >= 11 is 2.05. The molecule has 0 spiro atoms. The molecule has 37 heavy (non-hydrogen) atoms. The van der Waals surface area contributed by atoms with E-state index >= 15 is 0 Å². The zero-order valence-corrected chi connectivity index (χ0v) is 21.6. The van der Waals surface area contributed by atoms with E-state index in [0.29, 0.717) is 27.2 Å². The number of hydrogen-bond acceptors (Lipinski definition) is 7. The Bertz CT molecular complexity index is 1410. The SMILES string of the molecule is CCOc1cc(/C=C(\C#N)C(=O)Nc2cccc([N+](=O)[O-])c2)cc(I)c1OCc1ccc(C(=O)O)cc1. The summed E-state index contributed by atoms with van der Waals surface area (Å²) in [6.07, 6.45) is 1.38. The van der Waals surface area contributed by atoms with E-state index in [2.05, 4.69) is 27.9 Å². The van der Waals surface area contributed by atoms with Crippen LogP contribution in [0.4, 0.5) is 11.4 Å². The van der Waals surface area contributed by atoms with Gasteiger partial charge >= 0.3 is 5.97 Å². The zero-order valence-electron chi connectivity index (χ0n) is 19.4. The molecule has 10 nitrogen and oxygen atoms in total. The van der Waals surface area contributed by atoms with Gasteiger partial charge in [0.25, 0.3) is 11.6 Å². The highest BCUT2D eigenvalue weighted by atomic mass is 127. The number of benzene rings is 3. The van der Waals surface area contributed by atoms with Crippen molar-refractivity contribution < 1.29 is 29.1 Å². The number of non-ortho nitro benzene ring substituents is 1. The number of amides is 1. The monoisotopic (exact) mass is 613 g/mol. The lowest BCUT2D eigenvalue weighted by Gasteiger charge is -2.15. The van der Waals surface area contributed by atoms with Gasteiger partial charge in [-0.15, -0.1) is 0 Å². The van der Waals surface area contributed by atoms with Gasteiger partial charge in [0.15, 0.2) is 11.5 Å². The summed E-state index contributed by atoms with van der Waals surface area (Å²) in [4.78, 5) is 34.1. The number of anilines is 1. The molecule has 0 aliphatic carbocycles. The van der Waals surface area contributed by atoms with Gasteiger partial charge in [0.1, 0.15) is 18.2 Å². The molecule has 0 heterocycles. The van der Waals surface area contributed by atoms with Crippen LogP contribution in [-0.4, -0.2) is 28.5 Å². The van der Waals surface area contributed by atoms with Gasteiger partial charge < -0.3 is 19.9 Å². The van der Waals surface area contributed by atoms with Crippen LogP contribution in [0.25, 0.3) is 6.08 Å². The fourth-order valence-corrected chi connectivity index (χ4v) is 3.97. The summed E-state index contributed by atoms with van der Waals surface area (Å²) < 4.78 is 12.3. The third-order valence-electron chi connectivity index (χ3n) is 4.91. The van der Waals surface area contributed by atoms with Gasteiger partial charge in [-0.3, -0.25) is 14.9 Å². The van der Waals surface area contributed by atoms with E-state index in [0.717, 1.165) is 5.56 Å². The number of carbonyl (C=O) groups is 2. The average molecular weight is 613 g/mol. The first kappa shape index (κ1) is 27.2. The molecule has 0 saturated heterocycles. The molecule has 0 fully saturated rings. The minimum atomic E-state index is -1.01. The minimum absolute atomic E-state index is 0.167. The zero-order chi connectivity index (χ0) is 26.9. The Kier molecular flexibility index (Phi) is 9.17. The standard InChI is InChI=1S/C26H20IN3O7/c1-2-36-23-12-17(10-19(14-28)25(31)29-20-4-3-5-21(13-20)30(34)35)11-22(27)24(23)37-15-16-6-8-18(9-7-16)26(32)33/h3-13H,2,15H2,1H3,(H,29,31)(H,32,33)/b19-10+. The van der Waals surface area contributed by atoms with Crippen LogP contribution in [0.3, 0.4) is 0 Å². The number of nitrogens with one attached hydrogen (secondary N) is 1. The maximum atomic E-state index is 12.7. The van der Waals surface area contributed by atoms with Crippen LogP contribution in [0.1, 0.15) is 28.4 Å². The molecule has 1 amide bonds. The molecule has 0 aliphatic rings. The minimum Gasteiger partial charge on any atom is -0.490 e. The van der Waals surface area contributed by atoms with E-state index in [4.69, 9.17) is 14.6 Å². The summed E-state index contributed by atoms with van der Waals surface area (Å²) in [5, 5.41) is 32.1. The van der Waals surface area contributed by atoms with Gasteiger partial charge in [-0.2, -0.15) is 5.26 Å². The fraction of sp³-hybridized carbons (Fsp3) is 0.115. The first-order chi connectivity index (χ1) is 17.7. The van der Waals surface area contributed by atoms with Crippen LogP contribution >= 0.6 is 22.6 Å². The number of nitriles is 1. The molecular formula is C26H20IN3O7. The van der Waals surface area contributed by atoms with Crippen LogP contribution < -0.4 is 14.8 Å². The predicted octanol–water partition coefficient (Wildman–Crippen LogP) is 5.42. The molecule has 0 radical (unpaired) electrons. The smallest absolute Gasteiger partial charge is 0.335 e. The quantitative estimate of drug-likeness (QED) is 0.101. The van der Waals surface area contributed by atoms with Crippen LogP contribution in [0.15, 0.2) is 66.2 Å². The number of carboxylic acids is 1. The Morgan fingerprint density at radius 2 is 1.89 bits per heavy atom. The summed E-state index contributed by atoms with van der Waals surface area (Å²) in [5.74, 6) is -0.874. The number of aromatic carboxylic acids is 1. The number of hydrogen-bond donors (Lipinski definition) is 2. The lowest BCUT2D eigenvalue weighted by Crippen LogP contribution is -2.13.